The van der Waals surface area contributed by atoms with Crippen LogP contribution in [0.15, 0.2) is 0 Å². The minimum atomic E-state index is -0.719. The summed E-state index contributed by atoms with van der Waals surface area (Å²) >= 11 is 0. The predicted octanol–water partition coefficient (Wildman–Crippen LogP) is 0.391. The first-order valence-electron chi connectivity index (χ1n) is 5.11. The van der Waals surface area contributed by atoms with Gasteiger partial charge in [0.15, 0.2) is 0 Å². The molecule has 0 bridgehead atoms. The van der Waals surface area contributed by atoms with E-state index in [1.165, 1.54) is 0 Å². The van der Waals surface area contributed by atoms with E-state index in [1.54, 1.807) is 13.8 Å². The van der Waals surface area contributed by atoms with Crippen LogP contribution < -0.4 is 5.32 Å². The second-order valence-corrected chi connectivity index (χ2v) is 4.71. The molecule has 1 aliphatic heterocycles. The van der Waals surface area contributed by atoms with E-state index in [0.717, 1.165) is 19.6 Å². The third kappa shape index (κ3) is 2.69. The van der Waals surface area contributed by atoms with Gasteiger partial charge in [-0.05, 0) is 20.8 Å². The summed E-state index contributed by atoms with van der Waals surface area (Å²) in [6.07, 6.45) is 0. The maximum absolute atomic E-state index is 11.0. The summed E-state index contributed by atoms with van der Waals surface area (Å²) in [5.41, 5.74) is -0.647. The van der Waals surface area contributed by atoms with E-state index in [2.05, 4.69) is 17.1 Å². The fourth-order valence-electron chi connectivity index (χ4n) is 1.69. The molecule has 1 atom stereocenters. The second kappa shape index (κ2) is 4.28. The van der Waals surface area contributed by atoms with Crippen molar-refractivity contribution in [3.8, 4) is 0 Å². The number of carbonyl (C=O) groups is 1. The van der Waals surface area contributed by atoms with E-state index in [9.17, 15) is 4.79 Å². The quantitative estimate of drug-likeness (QED) is 0.692. The van der Waals surface area contributed by atoms with Gasteiger partial charge < -0.3 is 10.4 Å². The summed E-state index contributed by atoms with van der Waals surface area (Å²) in [6.45, 7) is 9.18. The molecule has 4 heteroatoms. The predicted molar refractivity (Wildman–Crippen MR) is 55.3 cm³/mol. The van der Waals surface area contributed by atoms with Gasteiger partial charge in [-0.25, -0.2) is 0 Å². The van der Waals surface area contributed by atoms with Gasteiger partial charge in [-0.15, -0.1) is 0 Å². The van der Waals surface area contributed by atoms with Gasteiger partial charge in [-0.1, -0.05) is 0 Å². The van der Waals surface area contributed by atoms with Crippen LogP contribution in [0.5, 0.6) is 0 Å². The molecule has 0 aromatic carbocycles. The molecule has 1 heterocycles. The maximum atomic E-state index is 11.0. The number of nitrogens with one attached hydrogen (secondary N) is 1. The average Bonchev–Trinajstić information content (AvgIpc) is 2.08. The van der Waals surface area contributed by atoms with Crippen LogP contribution in [0.1, 0.15) is 20.8 Å². The standard InChI is InChI=1S/C10H20N2O2/c1-8-6-11-4-5-12(8)7-10(2,3)9(13)14/h8,11H,4-7H2,1-3H3,(H,13,14). The van der Waals surface area contributed by atoms with Gasteiger partial charge in [0.25, 0.3) is 0 Å². The molecule has 0 saturated carbocycles. The summed E-state index contributed by atoms with van der Waals surface area (Å²) < 4.78 is 0. The molecule has 14 heavy (non-hydrogen) atoms. The van der Waals surface area contributed by atoms with Gasteiger partial charge in [0.2, 0.25) is 0 Å². The van der Waals surface area contributed by atoms with Crippen LogP contribution in [0.2, 0.25) is 0 Å². The molecule has 1 rings (SSSR count). The van der Waals surface area contributed by atoms with Gasteiger partial charge in [0, 0.05) is 32.2 Å². The van der Waals surface area contributed by atoms with Crippen LogP contribution in [0.25, 0.3) is 0 Å². The number of aliphatic carboxylic acids is 1. The monoisotopic (exact) mass is 200 g/mol. The molecule has 2 N–H and O–H groups in total. The molecule has 4 nitrogen and oxygen atoms in total. The summed E-state index contributed by atoms with van der Waals surface area (Å²) in [7, 11) is 0. The SMILES string of the molecule is CC1CNCCN1CC(C)(C)C(=O)O. The molecule has 1 fully saturated rings. The van der Waals surface area contributed by atoms with E-state index in [0.29, 0.717) is 12.6 Å². The van der Waals surface area contributed by atoms with Crippen LogP contribution in [0, 0.1) is 5.41 Å². The molecule has 0 aliphatic carbocycles. The smallest absolute Gasteiger partial charge is 0.310 e. The lowest BCUT2D eigenvalue weighted by atomic mass is 9.92. The van der Waals surface area contributed by atoms with E-state index in [1.807, 2.05) is 0 Å². The van der Waals surface area contributed by atoms with Crippen molar-refractivity contribution >= 4 is 5.97 Å². The molecule has 1 aliphatic rings. The topological polar surface area (TPSA) is 52.6 Å². The third-order valence-electron chi connectivity index (χ3n) is 2.82. The first kappa shape index (κ1) is 11.5. The van der Waals surface area contributed by atoms with Gasteiger partial charge in [0.1, 0.15) is 0 Å². The lowest BCUT2D eigenvalue weighted by Gasteiger charge is -2.37. The molecular weight excluding hydrogens is 180 g/mol. The van der Waals surface area contributed by atoms with E-state index in [4.69, 9.17) is 5.11 Å². The van der Waals surface area contributed by atoms with Crippen molar-refractivity contribution in [1.82, 2.24) is 10.2 Å². The van der Waals surface area contributed by atoms with Crippen molar-refractivity contribution < 1.29 is 9.90 Å². The Balaban J connectivity index is 2.53. The fourth-order valence-corrected chi connectivity index (χ4v) is 1.69. The highest BCUT2D eigenvalue weighted by molar-refractivity contribution is 5.73. The van der Waals surface area contributed by atoms with Crippen LogP contribution in [-0.2, 0) is 4.79 Å². The average molecular weight is 200 g/mol. The number of hydrogen-bond donors (Lipinski definition) is 2. The Morgan fingerprint density at radius 2 is 2.29 bits per heavy atom. The molecule has 0 amide bonds. The maximum Gasteiger partial charge on any atom is 0.310 e. The Morgan fingerprint density at radius 1 is 1.64 bits per heavy atom. The highest BCUT2D eigenvalue weighted by atomic mass is 16.4. The summed E-state index contributed by atoms with van der Waals surface area (Å²) in [6, 6.07) is 0.433. The van der Waals surface area contributed by atoms with Gasteiger partial charge in [-0.2, -0.15) is 0 Å². The van der Waals surface area contributed by atoms with Crippen molar-refractivity contribution in [2.75, 3.05) is 26.2 Å². The number of nitrogens with zero attached hydrogens (tertiary/aromatic N) is 1. The molecular formula is C10H20N2O2. The van der Waals surface area contributed by atoms with Crippen molar-refractivity contribution in [1.29, 1.82) is 0 Å². The van der Waals surface area contributed by atoms with Gasteiger partial charge >= 0.3 is 5.97 Å². The lowest BCUT2D eigenvalue weighted by molar-refractivity contribution is -0.148. The van der Waals surface area contributed by atoms with E-state index < -0.39 is 11.4 Å². The lowest BCUT2D eigenvalue weighted by Crippen LogP contribution is -2.53. The highest BCUT2D eigenvalue weighted by Crippen LogP contribution is 2.19. The zero-order chi connectivity index (χ0) is 10.8. The number of rotatable bonds is 3. The van der Waals surface area contributed by atoms with Gasteiger partial charge in [0.05, 0.1) is 5.41 Å². The Labute approximate surface area is 85.3 Å². The van der Waals surface area contributed by atoms with Crippen LogP contribution >= 0.6 is 0 Å². The first-order valence-corrected chi connectivity index (χ1v) is 5.11. The molecule has 0 aromatic heterocycles. The Morgan fingerprint density at radius 3 is 2.79 bits per heavy atom. The largest absolute Gasteiger partial charge is 0.481 e. The van der Waals surface area contributed by atoms with E-state index in [-0.39, 0.29) is 0 Å². The molecule has 0 aromatic rings. The number of carboxylic acid groups (broad SMARTS) is 1. The minimum absolute atomic E-state index is 0.433. The molecule has 0 radical (unpaired) electrons. The zero-order valence-corrected chi connectivity index (χ0v) is 9.21. The normalized spacial score (nSPS) is 24.9. The number of hydrogen-bond acceptors (Lipinski definition) is 3. The Bertz CT molecular complexity index is 216. The summed E-state index contributed by atoms with van der Waals surface area (Å²) in [5, 5.41) is 12.3. The van der Waals surface area contributed by atoms with Gasteiger partial charge in [-0.3, -0.25) is 9.69 Å². The van der Waals surface area contributed by atoms with Crippen molar-refractivity contribution in [3.05, 3.63) is 0 Å². The number of carboxylic acids is 1. The third-order valence-corrected chi connectivity index (χ3v) is 2.82. The van der Waals surface area contributed by atoms with Crippen LogP contribution in [0.4, 0.5) is 0 Å². The molecule has 82 valence electrons. The van der Waals surface area contributed by atoms with Crippen molar-refractivity contribution in [2.24, 2.45) is 5.41 Å². The zero-order valence-electron chi connectivity index (χ0n) is 9.21. The van der Waals surface area contributed by atoms with E-state index >= 15 is 0 Å². The number of piperazine rings is 1. The molecule has 0 spiro atoms. The van der Waals surface area contributed by atoms with Crippen molar-refractivity contribution in [3.63, 3.8) is 0 Å². The first-order chi connectivity index (χ1) is 6.43. The molecule has 1 saturated heterocycles. The Hall–Kier alpha value is -0.610. The van der Waals surface area contributed by atoms with Crippen LogP contribution in [-0.4, -0.2) is 48.2 Å². The highest BCUT2D eigenvalue weighted by Gasteiger charge is 2.32. The second-order valence-electron chi connectivity index (χ2n) is 4.71. The summed E-state index contributed by atoms with van der Waals surface area (Å²) in [4.78, 5) is 13.2. The Kier molecular flexibility index (Phi) is 3.50. The van der Waals surface area contributed by atoms with Crippen LogP contribution in [0.3, 0.4) is 0 Å². The minimum Gasteiger partial charge on any atom is -0.481 e. The van der Waals surface area contributed by atoms with Crippen molar-refractivity contribution in [2.45, 2.75) is 26.8 Å². The summed E-state index contributed by atoms with van der Waals surface area (Å²) in [5.74, 6) is -0.719. The fraction of sp³-hybridized carbons (Fsp3) is 0.900. The molecule has 1 unspecified atom stereocenters.